The third-order valence-electron chi connectivity index (χ3n) is 2.67. The maximum absolute atomic E-state index is 11.5. The molecule has 3 nitrogen and oxygen atoms in total. The van der Waals surface area contributed by atoms with Crippen LogP contribution in [0.5, 0.6) is 0 Å². The van der Waals surface area contributed by atoms with Gasteiger partial charge in [-0.05, 0) is 30.7 Å². The molecule has 1 N–H and O–H groups in total. The third kappa shape index (κ3) is 4.70. The van der Waals surface area contributed by atoms with Gasteiger partial charge >= 0.3 is 0 Å². The van der Waals surface area contributed by atoms with E-state index in [1.807, 2.05) is 0 Å². The monoisotopic (exact) mass is 266 g/mol. The van der Waals surface area contributed by atoms with E-state index in [0.29, 0.717) is 5.75 Å². The fraction of sp³-hybridized carbons (Fsp3) is 0.500. The zero-order valence-electron chi connectivity index (χ0n) is 11.6. The topological polar surface area (TPSA) is 32.3 Å². The number of carbonyl (C=O) groups is 1. The molecule has 0 aliphatic carbocycles. The molecule has 1 aromatic rings. The van der Waals surface area contributed by atoms with Crippen LogP contribution in [0.2, 0.25) is 0 Å². The van der Waals surface area contributed by atoms with Crippen LogP contribution in [0.25, 0.3) is 0 Å². The smallest absolute Gasteiger partial charge is 0.232 e. The number of hydrogen-bond donors (Lipinski definition) is 1. The molecule has 1 aromatic carbocycles. The molecule has 0 aliphatic heterocycles. The molecule has 4 heteroatoms. The van der Waals surface area contributed by atoms with E-state index in [9.17, 15) is 4.79 Å². The zero-order valence-corrected chi connectivity index (χ0v) is 12.4. The maximum atomic E-state index is 11.5. The number of thioether (sulfide) groups is 1. The first-order chi connectivity index (χ1) is 8.54. The van der Waals surface area contributed by atoms with Crippen molar-refractivity contribution in [3.63, 3.8) is 0 Å². The Morgan fingerprint density at radius 1 is 1.39 bits per heavy atom. The quantitative estimate of drug-likeness (QED) is 0.802. The Morgan fingerprint density at radius 3 is 2.67 bits per heavy atom. The van der Waals surface area contributed by atoms with Gasteiger partial charge in [0.2, 0.25) is 5.91 Å². The van der Waals surface area contributed by atoms with Crippen LogP contribution in [-0.4, -0.2) is 37.2 Å². The largest absolute Gasteiger partial charge is 0.348 e. The van der Waals surface area contributed by atoms with Gasteiger partial charge in [-0.1, -0.05) is 19.1 Å². The number of amides is 1. The maximum Gasteiger partial charge on any atom is 0.232 e. The molecule has 0 heterocycles. The highest BCUT2D eigenvalue weighted by Gasteiger charge is 2.07. The van der Waals surface area contributed by atoms with Gasteiger partial charge in [0, 0.05) is 25.5 Å². The van der Waals surface area contributed by atoms with E-state index in [1.165, 1.54) is 16.0 Å². The molecule has 0 aromatic heterocycles. The van der Waals surface area contributed by atoms with Crippen molar-refractivity contribution in [2.45, 2.75) is 25.3 Å². The first-order valence-electron chi connectivity index (χ1n) is 6.17. The minimum absolute atomic E-state index is 0.149. The van der Waals surface area contributed by atoms with Gasteiger partial charge in [-0.15, -0.1) is 11.8 Å². The minimum atomic E-state index is 0.149. The Balaban J connectivity index is 2.59. The Bertz CT molecular complexity index is 405. The van der Waals surface area contributed by atoms with Crippen LogP contribution in [-0.2, 0) is 11.3 Å². The molecule has 0 atom stereocenters. The van der Waals surface area contributed by atoms with Crippen molar-refractivity contribution >= 4 is 17.7 Å². The third-order valence-corrected chi connectivity index (χ3v) is 3.83. The summed E-state index contributed by atoms with van der Waals surface area (Å²) in [6.45, 7) is 6.08. The molecule has 0 radical (unpaired) electrons. The van der Waals surface area contributed by atoms with E-state index in [-0.39, 0.29) is 5.91 Å². The van der Waals surface area contributed by atoms with Crippen molar-refractivity contribution in [3.05, 3.63) is 29.3 Å². The molecule has 0 fully saturated rings. The molecule has 100 valence electrons. The zero-order chi connectivity index (χ0) is 13.5. The Morgan fingerprint density at radius 2 is 2.11 bits per heavy atom. The van der Waals surface area contributed by atoms with Crippen molar-refractivity contribution in [2.24, 2.45) is 0 Å². The lowest BCUT2D eigenvalue weighted by Crippen LogP contribution is -2.23. The van der Waals surface area contributed by atoms with Crippen molar-refractivity contribution in [3.8, 4) is 0 Å². The first-order valence-corrected chi connectivity index (χ1v) is 7.16. The number of hydrogen-bond acceptors (Lipinski definition) is 3. The number of aryl methyl sites for hydroxylation is 1. The summed E-state index contributed by atoms with van der Waals surface area (Å²) in [6, 6.07) is 6.42. The lowest BCUT2D eigenvalue weighted by atomic mass is 10.1. The van der Waals surface area contributed by atoms with Crippen LogP contribution >= 0.6 is 11.8 Å². The van der Waals surface area contributed by atoms with Crippen LogP contribution < -0.4 is 5.32 Å². The fourth-order valence-corrected chi connectivity index (χ4v) is 2.51. The van der Waals surface area contributed by atoms with E-state index in [1.54, 1.807) is 30.8 Å². The van der Waals surface area contributed by atoms with E-state index < -0.39 is 0 Å². The number of nitrogens with zero attached hydrogens (tertiary/aromatic N) is 1. The van der Waals surface area contributed by atoms with E-state index >= 15 is 0 Å². The van der Waals surface area contributed by atoms with Gasteiger partial charge in [-0.25, -0.2) is 0 Å². The van der Waals surface area contributed by atoms with Gasteiger partial charge in [-0.3, -0.25) is 4.79 Å². The molecule has 0 unspecified atom stereocenters. The van der Waals surface area contributed by atoms with Crippen LogP contribution in [0, 0.1) is 6.92 Å². The number of benzene rings is 1. The van der Waals surface area contributed by atoms with Crippen molar-refractivity contribution in [1.29, 1.82) is 0 Å². The van der Waals surface area contributed by atoms with Gasteiger partial charge in [0.1, 0.15) is 0 Å². The molecule has 0 bridgehead atoms. The predicted octanol–water partition coefficient (Wildman–Crippen LogP) is 2.28. The summed E-state index contributed by atoms with van der Waals surface area (Å²) in [5.74, 6) is 0.650. The number of nitrogens with one attached hydrogen (secondary N) is 1. The van der Waals surface area contributed by atoms with Gasteiger partial charge < -0.3 is 10.2 Å². The number of carbonyl (C=O) groups excluding carboxylic acids is 1. The highest BCUT2D eigenvalue weighted by molar-refractivity contribution is 8.00. The molecule has 0 saturated carbocycles. The highest BCUT2D eigenvalue weighted by Crippen LogP contribution is 2.23. The lowest BCUT2D eigenvalue weighted by molar-refractivity contribution is -0.125. The van der Waals surface area contributed by atoms with Gasteiger partial charge in [-0.2, -0.15) is 0 Å². The SMILES string of the molecule is CCNCc1ccc(SCC(=O)N(C)C)c(C)c1. The van der Waals surface area contributed by atoms with Crippen LogP contribution in [0.4, 0.5) is 0 Å². The molecule has 0 spiro atoms. The average Bonchev–Trinajstić information content (AvgIpc) is 2.34. The summed E-state index contributed by atoms with van der Waals surface area (Å²) in [5.41, 5.74) is 2.53. The summed E-state index contributed by atoms with van der Waals surface area (Å²) in [4.78, 5) is 14.3. The standard InChI is InChI=1S/C14H22N2OS/c1-5-15-9-12-6-7-13(11(2)8-12)18-10-14(17)16(3)4/h6-8,15H,5,9-10H2,1-4H3. The van der Waals surface area contributed by atoms with E-state index in [4.69, 9.17) is 0 Å². The fourth-order valence-electron chi connectivity index (χ4n) is 1.52. The van der Waals surface area contributed by atoms with Crippen LogP contribution in [0.1, 0.15) is 18.1 Å². The van der Waals surface area contributed by atoms with E-state index in [0.717, 1.165) is 13.1 Å². The molecular weight excluding hydrogens is 244 g/mol. The summed E-state index contributed by atoms with van der Waals surface area (Å²) in [7, 11) is 3.57. The lowest BCUT2D eigenvalue weighted by Gasteiger charge is -2.11. The van der Waals surface area contributed by atoms with Crippen LogP contribution in [0.3, 0.4) is 0 Å². The number of rotatable bonds is 6. The van der Waals surface area contributed by atoms with Gasteiger partial charge in [0.25, 0.3) is 0 Å². The minimum Gasteiger partial charge on any atom is -0.348 e. The predicted molar refractivity (Wildman–Crippen MR) is 78.0 cm³/mol. The molecular formula is C14H22N2OS. The van der Waals surface area contributed by atoms with E-state index in [2.05, 4.69) is 37.4 Å². The van der Waals surface area contributed by atoms with Crippen LogP contribution in [0.15, 0.2) is 23.1 Å². The van der Waals surface area contributed by atoms with Gasteiger partial charge in [0.15, 0.2) is 0 Å². The second-order valence-electron chi connectivity index (χ2n) is 4.46. The Hall–Kier alpha value is -1.00. The van der Waals surface area contributed by atoms with Crippen molar-refractivity contribution in [1.82, 2.24) is 10.2 Å². The molecule has 1 amide bonds. The summed E-state index contributed by atoms with van der Waals surface area (Å²) in [6.07, 6.45) is 0. The van der Waals surface area contributed by atoms with Crippen molar-refractivity contribution in [2.75, 3.05) is 26.4 Å². The molecule has 0 aliphatic rings. The van der Waals surface area contributed by atoms with Gasteiger partial charge in [0.05, 0.1) is 5.75 Å². The summed E-state index contributed by atoms with van der Waals surface area (Å²) < 4.78 is 0. The average molecular weight is 266 g/mol. The second kappa shape index (κ2) is 7.44. The molecule has 0 saturated heterocycles. The normalized spacial score (nSPS) is 10.4. The molecule has 18 heavy (non-hydrogen) atoms. The highest BCUT2D eigenvalue weighted by atomic mass is 32.2. The summed E-state index contributed by atoms with van der Waals surface area (Å²) >= 11 is 1.60. The summed E-state index contributed by atoms with van der Waals surface area (Å²) in [5, 5.41) is 3.31. The first kappa shape index (κ1) is 15.1. The second-order valence-corrected chi connectivity index (χ2v) is 5.47. The van der Waals surface area contributed by atoms with Crippen molar-refractivity contribution < 1.29 is 4.79 Å². The Labute approximate surface area is 114 Å². The molecule has 1 rings (SSSR count). The Kier molecular flexibility index (Phi) is 6.22.